The molecule has 1 aliphatic carbocycles. The molecule has 0 unspecified atom stereocenters. The predicted molar refractivity (Wildman–Crippen MR) is 65.0 cm³/mol. The minimum absolute atomic E-state index is 0.0883. The highest BCUT2D eigenvalue weighted by molar-refractivity contribution is 5.95. The van der Waals surface area contributed by atoms with E-state index in [1.54, 1.807) is 0 Å². The first-order valence-electron chi connectivity index (χ1n) is 5.96. The van der Waals surface area contributed by atoms with Crippen LogP contribution in [-0.4, -0.2) is 19.1 Å². The van der Waals surface area contributed by atoms with E-state index in [9.17, 15) is 4.79 Å². The van der Waals surface area contributed by atoms with Crippen LogP contribution in [0.4, 0.5) is 5.69 Å². The lowest BCUT2D eigenvalue weighted by Gasteiger charge is -2.19. The number of fused-ring (bicyclic) bond motifs is 1. The van der Waals surface area contributed by atoms with Gasteiger partial charge in [-0.15, -0.1) is 0 Å². The first-order valence-corrected chi connectivity index (χ1v) is 5.96. The third-order valence-corrected chi connectivity index (χ3v) is 3.65. The smallest absolute Gasteiger partial charge is 0.262 e. The first kappa shape index (κ1) is 10.6. The number of nitrogens with one attached hydrogen (secondary N) is 1. The number of carbonyl (C=O) groups excluding carboxylic acids is 1. The molecule has 0 spiro atoms. The van der Waals surface area contributed by atoms with Gasteiger partial charge in [-0.1, -0.05) is 6.07 Å². The van der Waals surface area contributed by atoms with Gasteiger partial charge in [0.05, 0.1) is 5.69 Å². The highest BCUT2D eigenvalue weighted by Gasteiger charge is 2.41. The quantitative estimate of drug-likeness (QED) is 0.825. The van der Waals surface area contributed by atoms with E-state index in [4.69, 9.17) is 10.5 Å². The van der Waals surface area contributed by atoms with Crippen molar-refractivity contribution in [3.8, 4) is 5.75 Å². The zero-order valence-electron chi connectivity index (χ0n) is 9.66. The predicted octanol–water partition coefficient (Wildman–Crippen LogP) is 1.30. The number of nitrogens with two attached hydrogens (primary N) is 1. The molecule has 17 heavy (non-hydrogen) atoms. The molecule has 0 radical (unpaired) electrons. The minimum atomic E-state index is -0.0883. The molecule has 0 bridgehead atoms. The standard InChI is InChI=1S/C13H16N2O2/c14-8-13(3-4-13)6-9-1-2-11-10(5-9)15-12(16)7-17-11/h1-2,5H,3-4,6-8,14H2,(H,15,16). The topological polar surface area (TPSA) is 64.3 Å². The lowest BCUT2D eigenvalue weighted by Crippen LogP contribution is -2.25. The zero-order chi connectivity index (χ0) is 11.9. The van der Waals surface area contributed by atoms with Crippen LogP contribution in [-0.2, 0) is 11.2 Å². The fourth-order valence-corrected chi connectivity index (χ4v) is 2.30. The van der Waals surface area contributed by atoms with Crippen molar-refractivity contribution in [3.63, 3.8) is 0 Å². The molecule has 0 atom stereocenters. The summed E-state index contributed by atoms with van der Waals surface area (Å²) in [5, 5.41) is 2.83. The molecule has 1 aromatic rings. The first-order chi connectivity index (χ1) is 8.21. The fourth-order valence-electron chi connectivity index (χ4n) is 2.30. The van der Waals surface area contributed by atoms with Crippen LogP contribution in [0.25, 0.3) is 0 Å². The van der Waals surface area contributed by atoms with Gasteiger partial charge in [-0.25, -0.2) is 0 Å². The van der Waals surface area contributed by atoms with Crippen molar-refractivity contribution >= 4 is 11.6 Å². The van der Waals surface area contributed by atoms with E-state index in [0.717, 1.165) is 24.4 Å². The molecule has 1 fully saturated rings. The van der Waals surface area contributed by atoms with Crippen LogP contribution < -0.4 is 15.8 Å². The monoisotopic (exact) mass is 232 g/mol. The molecular formula is C13H16N2O2. The second-order valence-electron chi connectivity index (χ2n) is 5.05. The molecule has 0 saturated heterocycles. The van der Waals surface area contributed by atoms with Crippen LogP contribution in [0.3, 0.4) is 0 Å². The molecule has 3 rings (SSSR count). The second-order valence-corrected chi connectivity index (χ2v) is 5.05. The summed E-state index contributed by atoms with van der Waals surface area (Å²) in [5.74, 6) is 0.667. The van der Waals surface area contributed by atoms with Gasteiger partial charge in [0.15, 0.2) is 6.61 Å². The van der Waals surface area contributed by atoms with Crippen molar-refractivity contribution in [3.05, 3.63) is 23.8 Å². The Balaban J connectivity index is 1.83. The van der Waals surface area contributed by atoms with Crippen LogP contribution in [0.15, 0.2) is 18.2 Å². The van der Waals surface area contributed by atoms with Crippen molar-refractivity contribution in [1.29, 1.82) is 0 Å². The average Bonchev–Trinajstić information content (AvgIpc) is 3.09. The maximum atomic E-state index is 11.2. The van der Waals surface area contributed by atoms with Crippen LogP contribution in [0.1, 0.15) is 18.4 Å². The summed E-state index contributed by atoms with van der Waals surface area (Å²) < 4.78 is 5.33. The SMILES string of the molecule is NCC1(Cc2ccc3c(c2)NC(=O)CO3)CC1. The summed E-state index contributed by atoms with van der Waals surface area (Å²) in [6, 6.07) is 5.99. The number of carbonyl (C=O) groups is 1. The number of ether oxygens (including phenoxy) is 1. The summed E-state index contributed by atoms with van der Waals surface area (Å²) in [4.78, 5) is 11.2. The molecule has 1 amide bonds. The lowest BCUT2D eigenvalue weighted by atomic mass is 9.96. The largest absolute Gasteiger partial charge is 0.482 e. The number of benzene rings is 1. The highest BCUT2D eigenvalue weighted by atomic mass is 16.5. The summed E-state index contributed by atoms with van der Waals surface area (Å²) >= 11 is 0. The van der Waals surface area contributed by atoms with E-state index in [1.807, 2.05) is 12.1 Å². The Morgan fingerprint density at radius 3 is 2.94 bits per heavy atom. The Bertz CT molecular complexity index is 466. The van der Waals surface area contributed by atoms with E-state index in [0.29, 0.717) is 5.41 Å². The van der Waals surface area contributed by atoms with Crippen molar-refractivity contribution in [2.45, 2.75) is 19.3 Å². The molecular weight excluding hydrogens is 216 g/mol. The Morgan fingerprint density at radius 1 is 1.41 bits per heavy atom. The molecule has 3 N–H and O–H groups in total. The van der Waals surface area contributed by atoms with Crippen LogP contribution in [0.5, 0.6) is 5.75 Å². The van der Waals surface area contributed by atoms with Crippen LogP contribution >= 0.6 is 0 Å². The second kappa shape index (κ2) is 3.74. The maximum absolute atomic E-state index is 11.2. The van der Waals surface area contributed by atoms with Crippen molar-refractivity contribution in [2.24, 2.45) is 11.1 Å². The normalized spacial score (nSPS) is 20.2. The number of amides is 1. The van der Waals surface area contributed by atoms with Gasteiger partial charge in [0.25, 0.3) is 5.91 Å². The molecule has 90 valence electrons. The molecule has 1 saturated carbocycles. The van der Waals surface area contributed by atoms with E-state index >= 15 is 0 Å². The molecule has 4 heteroatoms. The molecule has 0 aromatic heterocycles. The van der Waals surface area contributed by atoms with Crippen LogP contribution in [0, 0.1) is 5.41 Å². The molecule has 2 aliphatic rings. The van der Waals surface area contributed by atoms with E-state index in [2.05, 4.69) is 11.4 Å². The number of hydrogen-bond acceptors (Lipinski definition) is 3. The van der Waals surface area contributed by atoms with Crippen molar-refractivity contribution in [1.82, 2.24) is 0 Å². The summed E-state index contributed by atoms with van der Waals surface area (Å²) in [7, 11) is 0. The van der Waals surface area contributed by atoms with Gasteiger partial charge in [0.1, 0.15) is 5.75 Å². The number of rotatable bonds is 3. The Morgan fingerprint density at radius 2 is 2.24 bits per heavy atom. The Hall–Kier alpha value is -1.55. The third-order valence-electron chi connectivity index (χ3n) is 3.65. The lowest BCUT2D eigenvalue weighted by molar-refractivity contribution is -0.118. The van der Waals surface area contributed by atoms with E-state index in [1.165, 1.54) is 18.4 Å². The van der Waals surface area contributed by atoms with E-state index in [-0.39, 0.29) is 12.5 Å². The maximum Gasteiger partial charge on any atom is 0.262 e. The van der Waals surface area contributed by atoms with Gasteiger partial charge in [-0.2, -0.15) is 0 Å². The summed E-state index contributed by atoms with van der Waals surface area (Å²) in [5.41, 5.74) is 8.10. The Labute approximate surface area is 100 Å². The summed E-state index contributed by atoms with van der Waals surface area (Å²) in [6.07, 6.45) is 3.42. The van der Waals surface area contributed by atoms with Gasteiger partial charge in [0.2, 0.25) is 0 Å². The van der Waals surface area contributed by atoms with Gasteiger partial charge in [-0.3, -0.25) is 4.79 Å². The van der Waals surface area contributed by atoms with Gasteiger partial charge in [-0.05, 0) is 48.9 Å². The number of anilines is 1. The zero-order valence-corrected chi connectivity index (χ0v) is 9.66. The third kappa shape index (κ3) is 2.00. The van der Waals surface area contributed by atoms with Crippen molar-refractivity contribution < 1.29 is 9.53 Å². The van der Waals surface area contributed by atoms with Crippen LogP contribution in [0.2, 0.25) is 0 Å². The average molecular weight is 232 g/mol. The molecule has 4 nitrogen and oxygen atoms in total. The minimum Gasteiger partial charge on any atom is -0.482 e. The van der Waals surface area contributed by atoms with E-state index < -0.39 is 0 Å². The Kier molecular flexibility index (Phi) is 2.33. The van der Waals surface area contributed by atoms with Gasteiger partial charge < -0.3 is 15.8 Å². The molecule has 1 heterocycles. The van der Waals surface area contributed by atoms with Gasteiger partial charge >= 0.3 is 0 Å². The van der Waals surface area contributed by atoms with Crippen molar-refractivity contribution in [2.75, 3.05) is 18.5 Å². The molecule has 1 aliphatic heterocycles. The highest BCUT2D eigenvalue weighted by Crippen LogP contribution is 2.47. The van der Waals surface area contributed by atoms with Gasteiger partial charge in [0, 0.05) is 0 Å². The number of hydrogen-bond donors (Lipinski definition) is 2. The summed E-state index contributed by atoms with van der Waals surface area (Å²) in [6.45, 7) is 0.853. The molecule has 1 aromatic carbocycles. The fraction of sp³-hybridized carbons (Fsp3) is 0.462.